The van der Waals surface area contributed by atoms with Crippen molar-refractivity contribution in [3.63, 3.8) is 0 Å². The molecular formula is C11H25NO3. The molecule has 0 aromatic rings. The minimum absolute atomic E-state index is 0.142. The van der Waals surface area contributed by atoms with Gasteiger partial charge in [-0.25, -0.2) is 0 Å². The average Bonchev–Trinajstić information content (AvgIpc) is 2.22. The smallest absolute Gasteiger partial charge is 0.169 e. The Morgan fingerprint density at radius 1 is 1.07 bits per heavy atom. The van der Waals surface area contributed by atoms with Crippen LogP contribution < -0.4 is 5.32 Å². The summed E-state index contributed by atoms with van der Waals surface area (Å²) in [6.07, 6.45) is 2.41. The number of ether oxygens (including phenoxy) is 3. The third-order valence-electron chi connectivity index (χ3n) is 2.04. The van der Waals surface area contributed by atoms with Gasteiger partial charge in [0.25, 0.3) is 0 Å². The van der Waals surface area contributed by atoms with Crippen LogP contribution in [0.25, 0.3) is 0 Å². The van der Waals surface area contributed by atoms with E-state index < -0.39 is 0 Å². The summed E-state index contributed by atoms with van der Waals surface area (Å²) in [6, 6.07) is 0. The lowest BCUT2D eigenvalue weighted by Crippen LogP contribution is -2.30. The van der Waals surface area contributed by atoms with Crippen molar-refractivity contribution in [1.82, 2.24) is 5.32 Å². The van der Waals surface area contributed by atoms with Crippen LogP contribution in [0, 0.1) is 0 Å². The molecule has 4 nitrogen and oxygen atoms in total. The second-order valence-electron chi connectivity index (χ2n) is 3.73. The molecule has 0 rings (SSSR count). The summed E-state index contributed by atoms with van der Waals surface area (Å²) < 4.78 is 15.5. The van der Waals surface area contributed by atoms with Crippen LogP contribution in [0.2, 0.25) is 0 Å². The molecule has 0 aliphatic rings. The Kier molecular flexibility index (Phi) is 10.3. The van der Waals surface area contributed by atoms with Crippen molar-refractivity contribution in [2.45, 2.75) is 39.1 Å². The minimum atomic E-state index is -0.142. The summed E-state index contributed by atoms with van der Waals surface area (Å²) in [6.45, 7) is 6.67. The fourth-order valence-corrected chi connectivity index (χ4v) is 1.15. The van der Waals surface area contributed by atoms with Crippen molar-refractivity contribution in [3.8, 4) is 0 Å². The van der Waals surface area contributed by atoms with Crippen molar-refractivity contribution in [2.24, 2.45) is 0 Å². The first kappa shape index (κ1) is 14.8. The second kappa shape index (κ2) is 10.4. The van der Waals surface area contributed by atoms with Crippen LogP contribution in [0.15, 0.2) is 0 Å². The van der Waals surface area contributed by atoms with E-state index >= 15 is 0 Å². The van der Waals surface area contributed by atoms with Crippen molar-refractivity contribution >= 4 is 0 Å². The minimum Gasteiger partial charge on any atom is -0.379 e. The topological polar surface area (TPSA) is 39.7 Å². The van der Waals surface area contributed by atoms with Gasteiger partial charge in [-0.05, 0) is 33.2 Å². The van der Waals surface area contributed by atoms with E-state index in [-0.39, 0.29) is 6.29 Å². The van der Waals surface area contributed by atoms with Gasteiger partial charge in [0, 0.05) is 27.4 Å². The fourth-order valence-electron chi connectivity index (χ4n) is 1.15. The van der Waals surface area contributed by atoms with E-state index in [1.165, 1.54) is 0 Å². The van der Waals surface area contributed by atoms with Gasteiger partial charge in [-0.15, -0.1) is 0 Å². The molecule has 0 aromatic carbocycles. The third kappa shape index (κ3) is 10.1. The van der Waals surface area contributed by atoms with Crippen LogP contribution >= 0.6 is 0 Å². The Bertz CT molecular complexity index is 127. The molecule has 0 saturated heterocycles. The maximum absolute atomic E-state index is 5.43. The molecule has 0 heterocycles. The highest BCUT2D eigenvalue weighted by atomic mass is 16.7. The lowest BCUT2D eigenvalue weighted by molar-refractivity contribution is -0.0986. The monoisotopic (exact) mass is 219 g/mol. The summed E-state index contributed by atoms with van der Waals surface area (Å²) >= 11 is 0. The molecule has 0 radical (unpaired) electrons. The molecule has 0 aromatic heterocycles. The van der Waals surface area contributed by atoms with Gasteiger partial charge >= 0.3 is 0 Å². The van der Waals surface area contributed by atoms with Crippen molar-refractivity contribution in [1.29, 1.82) is 0 Å². The number of nitrogens with one attached hydrogen (secondary N) is 1. The number of rotatable bonds is 10. The Morgan fingerprint density at radius 3 is 2.27 bits per heavy atom. The molecule has 0 atom stereocenters. The summed E-state index contributed by atoms with van der Waals surface area (Å²) in [4.78, 5) is 0. The number of methoxy groups -OCH3 is 2. The van der Waals surface area contributed by atoms with Gasteiger partial charge in [0.05, 0.1) is 6.10 Å². The maximum atomic E-state index is 5.43. The SMILES string of the molecule is COC(CNCCCCOC(C)C)OC. The zero-order valence-electron chi connectivity index (χ0n) is 10.4. The predicted molar refractivity (Wildman–Crippen MR) is 61.0 cm³/mol. The normalized spacial score (nSPS) is 11.6. The lowest BCUT2D eigenvalue weighted by atomic mass is 10.3. The second-order valence-corrected chi connectivity index (χ2v) is 3.73. The molecule has 15 heavy (non-hydrogen) atoms. The lowest BCUT2D eigenvalue weighted by Gasteiger charge is -2.14. The molecule has 0 fully saturated rings. The van der Waals surface area contributed by atoms with Crippen LogP contribution in [0.5, 0.6) is 0 Å². The Hall–Kier alpha value is -0.160. The molecule has 0 bridgehead atoms. The molecule has 0 amide bonds. The van der Waals surface area contributed by atoms with Crippen molar-refractivity contribution in [2.75, 3.05) is 33.9 Å². The van der Waals surface area contributed by atoms with Gasteiger partial charge in [0.1, 0.15) is 0 Å². The molecule has 0 saturated carbocycles. The van der Waals surface area contributed by atoms with E-state index in [2.05, 4.69) is 19.2 Å². The predicted octanol–water partition coefficient (Wildman–Crippen LogP) is 1.40. The number of unbranched alkanes of at least 4 members (excludes halogenated alkanes) is 1. The first-order chi connectivity index (χ1) is 7.20. The molecule has 0 aliphatic carbocycles. The highest BCUT2D eigenvalue weighted by molar-refractivity contribution is 4.51. The van der Waals surface area contributed by atoms with Gasteiger partial charge in [0.15, 0.2) is 6.29 Å². The molecule has 0 aliphatic heterocycles. The zero-order chi connectivity index (χ0) is 11.5. The summed E-state index contributed by atoms with van der Waals surface area (Å²) in [7, 11) is 3.29. The zero-order valence-corrected chi connectivity index (χ0v) is 10.4. The number of hydrogen-bond donors (Lipinski definition) is 1. The van der Waals surface area contributed by atoms with E-state index in [0.717, 1.165) is 32.5 Å². The molecule has 0 spiro atoms. The Balaban J connectivity index is 3.10. The first-order valence-corrected chi connectivity index (χ1v) is 5.58. The molecular weight excluding hydrogens is 194 g/mol. The van der Waals surface area contributed by atoms with Gasteiger partial charge in [-0.3, -0.25) is 0 Å². The Labute approximate surface area is 93.3 Å². The van der Waals surface area contributed by atoms with E-state index in [1.54, 1.807) is 14.2 Å². The standard InChI is InChI=1S/C11H25NO3/c1-10(2)15-8-6-5-7-12-9-11(13-3)14-4/h10-12H,5-9H2,1-4H3. The van der Waals surface area contributed by atoms with Crippen LogP contribution in [-0.2, 0) is 14.2 Å². The van der Waals surface area contributed by atoms with Crippen LogP contribution in [0.3, 0.4) is 0 Å². The van der Waals surface area contributed by atoms with Gasteiger partial charge in [0.2, 0.25) is 0 Å². The highest BCUT2D eigenvalue weighted by Crippen LogP contribution is 1.94. The first-order valence-electron chi connectivity index (χ1n) is 5.58. The Morgan fingerprint density at radius 2 is 1.73 bits per heavy atom. The summed E-state index contributed by atoms with van der Waals surface area (Å²) in [5.41, 5.74) is 0. The van der Waals surface area contributed by atoms with E-state index in [0.29, 0.717) is 6.10 Å². The van der Waals surface area contributed by atoms with Gasteiger partial charge in [-0.2, -0.15) is 0 Å². The maximum Gasteiger partial charge on any atom is 0.169 e. The molecule has 0 unspecified atom stereocenters. The highest BCUT2D eigenvalue weighted by Gasteiger charge is 2.02. The number of hydrogen-bond acceptors (Lipinski definition) is 4. The van der Waals surface area contributed by atoms with E-state index in [1.807, 2.05) is 0 Å². The summed E-state index contributed by atoms with van der Waals surface area (Å²) in [5.74, 6) is 0. The quantitative estimate of drug-likeness (QED) is 0.445. The third-order valence-corrected chi connectivity index (χ3v) is 2.04. The molecule has 4 heteroatoms. The van der Waals surface area contributed by atoms with Crippen LogP contribution in [0.4, 0.5) is 0 Å². The van der Waals surface area contributed by atoms with E-state index in [9.17, 15) is 0 Å². The van der Waals surface area contributed by atoms with E-state index in [4.69, 9.17) is 14.2 Å². The van der Waals surface area contributed by atoms with Gasteiger partial charge in [-0.1, -0.05) is 0 Å². The average molecular weight is 219 g/mol. The van der Waals surface area contributed by atoms with Gasteiger partial charge < -0.3 is 19.5 Å². The molecule has 1 N–H and O–H groups in total. The van der Waals surface area contributed by atoms with Crippen molar-refractivity contribution in [3.05, 3.63) is 0 Å². The van der Waals surface area contributed by atoms with Crippen LogP contribution in [0.1, 0.15) is 26.7 Å². The molecule has 92 valence electrons. The largest absolute Gasteiger partial charge is 0.379 e. The van der Waals surface area contributed by atoms with Crippen LogP contribution in [-0.4, -0.2) is 46.3 Å². The summed E-state index contributed by atoms with van der Waals surface area (Å²) in [5, 5.41) is 3.27. The van der Waals surface area contributed by atoms with Crippen molar-refractivity contribution < 1.29 is 14.2 Å². The fraction of sp³-hybridized carbons (Fsp3) is 1.00.